The van der Waals surface area contributed by atoms with Crippen molar-refractivity contribution in [1.29, 1.82) is 5.26 Å². The van der Waals surface area contributed by atoms with E-state index in [1.54, 1.807) is 24.3 Å². The summed E-state index contributed by atoms with van der Waals surface area (Å²) in [6.07, 6.45) is 1.66. The summed E-state index contributed by atoms with van der Waals surface area (Å²) in [5.41, 5.74) is 1.12. The number of nitrogens with zero attached hydrogens (tertiary/aromatic N) is 2. The lowest BCUT2D eigenvalue weighted by molar-refractivity contribution is -0.116. The van der Waals surface area contributed by atoms with Crippen LogP contribution in [0.5, 0.6) is 0 Å². The van der Waals surface area contributed by atoms with Crippen LogP contribution in [0.15, 0.2) is 24.3 Å². The number of amides is 1. The van der Waals surface area contributed by atoms with Gasteiger partial charge in [-0.1, -0.05) is 0 Å². The van der Waals surface area contributed by atoms with E-state index in [0.717, 1.165) is 6.42 Å². The van der Waals surface area contributed by atoms with E-state index in [0.29, 0.717) is 24.2 Å². The zero-order chi connectivity index (χ0) is 15.3. The van der Waals surface area contributed by atoms with Crippen molar-refractivity contribution < 1.29 is 13.2 Å². The van der Waals surface area contributed by atoms with Crippen LogP contribution in [0.4, 0.5) is 5.69 Å². The number of rotatable bonds is 4. The highest BCUT2D eigenvalue weighted by Crippen LogP contribution is 2.14. The number of anilines is 1. The van der Waals surface area contributed by atoms with E-state index < -0.39 is 10.0 Å². The van der Waals surface area contributed by atoms with Gasteiger partial charge in [0.2, 0.25) is 15.9 Å². The van der Waals surface area contributed by atoms with E-state index in [2.05, 4.69) is 5.32 Å². The van der Waals surface area contributed by atoms with Crippen LogP contribution in [-0.2, 0) is 14.8 Å². The average Bonchev–Trinajstić information content (AvgIpc) is 2.46. The molecule has 0 aliphatic carbocycles. The summed E-state index contributed by atoms with van der Waals surface area (Å²) in [7, 11) is -3.18. The van der Waals surface area contributed by atoms with Gasteiger partial charge in [-0.15, -0.1) is 0 Å². The number of hydrogen-bond acceptors (Lipinski definition) is 4. The number of hydrogen-bond donors (Lipinski definition) is 1. The number of sulfonamides is 1. The van der Waals surface area contributed by atoms with Crippen molar-refractivity contribution in [3.05, 3.63) is 29.8 Å². The minimum Gasteiger partial charge on any atom is -0.326 e. The summed E-state index contributed by atoms with van der Waals surface area (Å²) < 4.78 is 25.0. The second kappa shape index (κ2) is 6.70. The monoisotopic (exact) mass is 307 g/mol. The molecule has 0 aromatic heterocycles. The van der Waals surface area contributed by atoms with Gasteiger partial charge in [0.25, 0.3) is 0 Å². The van der Waals surface area contributed by atoms with Crippen LogP contribution in [0.1, 0.15) is 24.8 Å². The van der Waals surface area contributed by atoms with Gasteiger partial charge in [-0.25, -0.2) is 12.7 Å². The Hall–Kier alpha value is -1.91. The first-order valence-corrected chi connectivity index (χ1v) is 8.40. The molecule has 0 bridgehead atoms. The molecular weight excluding hydrogens is 290 g/mol. The Labute approximate surface area is 124 Å². The van der Waals surface area contributed by atoms with Crippen LogP contribution < -0.4 is 5.32 Å². The maximum Gasteiger partial charge on any atom is 0.225 e. The Morgan fingerprint density at radius 3 is 2.62 bits per heavy atom. The first kappa shape index (κ1) is 15.5. The minimum absolute atomic E-state index is 0.124. The fourth-order valence-electron chi connectivity index (χ4n) is 2.17. The number of carbonyl (C=O) groups excluding carboxylic acids is 1. The Morgan fingerprint density at radius 2 is 2.00 bits per heavy atom. The molecule has 1 aromatic carbocycles. The highest BCUT2D eigenvalue weighted by Gasteiger charge is 2.25. The largest absolute Gasteiger partial charge is 0.326 e. The molecule has 0 unspecified atom stereocenters. The van der Waals surface area contributed by atoms with E-state index in [4.69, 9.17) is 5.26 Å². The normalized spacial score (nSPS) is 17.9. The van der Waals surface area contributed by atoms with Crippen LogP contribution in [0.3, 0.4) is 0 Å². The van der Waals surface area contributed by atoms with Crippen LogP contribution >= 0.6 is 0 Å². The third kappa shape index (κ3) is 4.28. The minimum atomic E-state index is -3.18. The topological polar surface area (TPSA) is 90.3 Å². The molecule has 1 amide bonds. The van der Waals surface area contributed by atoms with Crippen LogP contribution in [0, 0.1) is 11.3 Å². The second-order valence-electron chi connectivity index (χ2n) is 4.91. The van der Waals surface area contributed by atoms with Crippen molar-refractivity contribution in [2.75, 3.05) is 24.2 Å². The van der Waals surface area contributed by atoms with Gasteiger partial charge >= 0.3 is 0 Å². The number of nitriles is 1. The molecule has 0 spiro atoms. The molecule has 1 aliphatic heterocycles. The van der Waals surface area contributed by atoms with E-state index in [-0.39, 0.29) is 24.6 Å². The molecule has 7 heteroatoms. The van der Waals surface area contributed by atoms with Crippen molar-refractivity contribution in [2.24, 2.45) is 0 Å². The standard InChI is InChI=1S/C14H17N3O3S/c15-11-12-3-5-13(6-4-12)16-14(18)7-9-17-8-1-2-10-21(17,19)20/h3-6H,1-2,7-10H2,(H,16,18). The van der Waals surface area contributed by atoms with E-state index in [1.807, 2.05) is 6.07 Å². The van der Waals surface area contributed by atoms with Crippen LogP contribution in [0.25, 0.3) is 0 Å². The number of carbonyl (C=O) groups is 1. The van der Waals surface area contributed by atoms with Crippen molar-refractivity contribution >= 4 is 21.6 Å². The molecular formula is C14H17N3O3S. The number of nitrogens with one attached hydrogen (secondary N) is 1. The van der Waals surface area contributed by atoms with E-state index >= 15 is 0 Å². The van der Waals surface area contributed by atoms with Gasteiger partial charge in [0.05, 0.1) is 17.4 Å². The van der Waals surface area contributed by atoms with Crippen LogP contribution in [0.2, 0.25) is 0 Å². The first-order chi connectivity index (χ1) is 10.0. The predicted molar refractivity (Wildman–Crippen MR) is 79.0 cm³/mol. The summed E-state index contributed by atoms with van der Waals surface area (Å²) in [6, 6.07) is 8.52. The zero-order valence-corrected chi connectivity index (χ0v) is 12.4. The van der Waals surface area contributed by atoms with Gasteiger partial charge in [-0.2, -0.15) is 5.26 Å². The quantitative estimate of drug-likeness (QED) is 0.908. The number of benzene rings is 1. The molecule has 1 aromatic rings. The maximum absolute atomic E-state index is 11.8. The summed E-state index contributed by atoms with van der Waals surface area (Å²) in [4.78, 5) is 11.8. The third-order valence-corrected chi connectivity index (χ3v) is 5.30. The molecule has 1 saturated heterocycles. The summed E-state index contributed by atoms with van der Waals surface area (Å²) in [6.45, 7) is 0.705. The maximum atomic E-state index is 11.8. The molecule has 0 saturated carbocycles. The zero-order valence-electron chi connectivity index (χ0n) is 11.6. The lowest BCUT2D eigenvalue weighted by atomic mass is 10.2. The molecule has 21 heavy (non-hydrogen) atoms. The summed E-state index contributed by atoms with van der Waals surface area (Å²) >= 11 is 0. The van der Waals surface area contributed by atoms with E-state index in [1.165, 1.54) is 4.31 Å². The molecule has 1 aliphatic rings. The highest BCUT2D eigenvalue weighted by atomic mass is 32.2. The smallest absolute Gasteiger partial charge is 0.225 e. The van der Waals surface area contributed by atoms with Gasteiger partial charge in [-0.3, -0.25) is 4.79 Å². The fraction of sp³-hybridized carbons (Fsp3) is 0.429. The third-order valence-electron chi connectivity index (χ3n) is 3.34. The van der Waals surface area contributed by atoms with Gasteiger partial charge in [0.15, 0.2) is 0 Å². The molecule has 0 radical (unpaired) electrons. The molecule has 1 fully saturated rings. The summed E-state index contributed by atoms with van der Waals surface area (Å²) in [5.74, 6) is -0.0648. The molecule has 112 valence electrons. The summed E-state index contributed by atoms with van der Waals surface area (Å²) in [5, 5.41) is 11.4. The van der Waals surface area contributed by atoms with Crippen molar-refractivity contribution in [2.45, 2.75) is 19.3 Å². The molecule has 6 nitrogen and oxygen atoms in total. The van der Waals surface area contributed by atoms with Crippen molar-refractivity contribution in [1.82, 2.24) is 4.31 Å². The first-order valence-electron chi connectivity index (χ1n) is 6.79. The van der Waals surface area contributed by atoms with Crippen molar-refractivity contribution in [3.8, 4) is 6.07 Å². The van der Waals surface area contributed by atoms with E-state index in [9.17, 15) is 13.2 Å². The Kier molecular flexibility index (Phi) is 4.94. The Balaban J connectivity index is 1.85. The highest BCUT2D eigenvalue weighted by molar-refractivity contribution is 7.89. The van der Waals surface area contributed by atoms with Gasteiger partial charge in [0.1, 0.15) is 0 Å². The Bertz CT molecular complexity index is 647. The average molecular weight is 307 g/mol. The van der Waals surface area contributed by atoms with Gasteiger partial charge in [0, 0.05) is 25.2 Å². The fourth-order valence-corrected chi connectivity index (χ4v) is 3.77. The molecule has 1 heterocycles. The molecule has 2 rings (SSSR count). The molecule has 1 N–H and O–H groups in total. The Morgan fingerprint density at radius 1 is 1.29 bits per heavy atom. The lowest BCUT2D eigenvalue weighted by Crippen LogP contribution is -2.39. The van der Waals surface area contributed by atoms with Crippen LogP contribution in [-0.4, -0.2) is 37.5 Å². The van der Waals surface area contributed by atoms with Gasteiger partial charge in [-0.05, 0) is 37.1 Å². The predicted octanol–water partition coefficient (Wildman–Crippen LogP) is 1.31. The van der Waals surface area contributed by atoms with Crippen molar-refractivity contribution in [3.63, 3.8) is 0 Å². The molecule has 0 atom stereocenters. The van der Waals surface area contributed by atoms with Gasteiger partial charge < -0.3 is 5.32 Å². The SMILES string of the molecule is N#Cc1ccc(NC(=O)CCN2CCCCS2(=O)=O)cc1. The second-order valence-corrected chi connectivity index (χ2v) is 7.00. The lowest BCUT2D eigenvalue weighted by Gasteiger charge is -2.25.